The molecule has 2 rings (SSSR count). The van der Waals surface area contributed by atoms with E-state index in [9.17, 15) is 0 Å². The van der Waals surface area contributed by atoms with Crippen LogP contribution in [-0.2, 0) is 4.74 Å². The molecular weight excluding hydrogens is 200 g/mol. The van der Waals surface area contributed by atoms with Crippen LogP contribution >= 0.6 is 0 Å². The van der Waals surface area contributed by atoms with Gasteiger partial charge < -0.3 is 15.0 Å². The maximum atomic E-state index is 5.25. The largest absolute Gasteiger partial charge is 0.383 e. The van der Waals surface area contributed by atoms with Crippen molar-refractivity contribution >= 4 is 0 Å². The third kappa shape index (κ3) is 4.40. The fourth-order valence-corrected chi connectivity index (χ4v) is 2.29. The maximum Gasteiger partial charge on any atom is 0.0628 e. The second-order valence-electron chi connectivity index (χ2n) is 5.55. The molecule has 3 heteroatoms. The highest BCUT2D eigenvalue weighted by atomic mass is 16.5. The Morgan fingerprint density at radius 2 is 1.75 bits per heavy atom. The lowest BCUT2D eigenvalue weighted by atomic mass is 10.2. The van der Waals surface area contributed by atoms with Gasteiger partial charge in [0.1, 0.15) is 0 Å². The number of methoxy groups -OCH3 is 1. The lowest BCUT2D eigenvalue weighted by Gasteiger charge is -2.27. The highest BCUT2D eigenvalue weighted by Crippen LogP contribution is 2.33. The summed E-state index contributed by atoms with van der Waals surface area (Å²) in [6, 6.07) is 0.488. The molecular formula is C13H26N2O. The summed E-state index contributed by atoms with van der Waals surface area (Å²) < 4.78 is 5.25. The second-order valence-corrected chi connectivity index (χ2v) is 5.55. The molecule has 1 N–H and O–H groups in total. The highest BCUT2D eigenvalue weighted by Gasteiger charge is 2.29. The van der Waals surface area contributed by atoms with Crippen molar-refractivity contribution in [3.8, 4) is 0 Å². The van der Waals surface area contributed by atoms with Gasteiger partial charge in [-0.05, 0) is 44.6 Å². The van der Waals surface area contributed by atoms with E-state index in [1.165, 1.54) is 38.8 Å². The van der Waals surface area contributed by atoms with Gasteiger partial charge in [0.25, 0.3) is 0 Å². The first-order chi connectivity index (χ1) is 7.81. The SMILES string of the molecule is CNC(COC)CN(CC1CC1)CC1CC1. The van der Waals surface area contributed by atoms with Crippen LogP contribution in [0.2, 0.25) is 0 Å². The van der Waals surface area contributed by atoms with Gasteiger partial charge in [-0.15, -0.1) is 0 Å². The third-order valence-corrected chi connectivity index (χ3v) is 3.68. The molecule has 0 aromatic carbocycles. The topological polar surface area (TPSA) is 24.5 Å². The van der Waals surface area contributed by atoms with Gasteiger partial charge in [-0.25, -0.2) is 0 Å². The first kappa shape index (κ1) is 12.3. The van der Waals surface area contributed by atoms with E-state index >= 15 is 0 Å². The molecule has 0 spiro atoms. The average Bonchev–Trinajstić information content (AvgIpc) is 3.12. The number of nitrogens with one attached hydrogen (secondary N) is 1. The first-order valence-electron chi connectivity index (χ1n) is 6.70. The predicted molar refractivity (Wildman–Crippen MR) is 66.6 cm³/mol. The molecule has 1 atom stereocenters. The van der Waals surface area contributed by atoms with Crippen LogP contribution in [0.5, 0.6) is 0 Å². The van der Waals surface area contributed by atoms with Crippen molar-refractivity contribution in [3.63, 3.8) is 0 Å². The lowest BCUT2D eigenvalue weighted by Crippen LogP contribution is -2.43. The van der Waals surface area contributed by atoms with E-state index in [4.69, 9.17) is 4.74 Å². The number of likely N-dealkylation sites (N-methyl/N-ethyl adjacent to an activating group) is 1. The lowest BCUT2D eigenvalue weighted by molar-refractivity contribution is 0.137. The Labute approximate surface area is 99.5 Å². The molecule has 0 heterocycles. The van der Waals surface area contributed by atoms with Crippen molar-refractivity contribution in [2.24, 2.45) is 11.8 Å². The van der Waals surface area contributed by atoms with E-state index in [1.807, 2.05) is 7.05 Å². The van der Waals surface area contributed by atoms with Crippen LogP contribution < -0.4 is 5.32 Å². The number of nitrogens with zero attached hydrogens (tertiary/aromatic N) is 1. The standard InChI is InChI=1S/C13H26N2O/c1-14-13(10-16-2)9-15(7-11-3-4-11)8-12-5-6-12/h11-14H,3-10H2,1-2H3. The minimum absolute atomic E-state index is 0.488. The van der Waals surface area contributed by atoms with Crippen LogP contribution in [0.4, 0.5) is 0 Å². The second kappa shape index (κ2) is 5.99. The zero-order valence-corrected chi connectivity index (χ0v) is 10.7. The smallest absolute Gasteiger partial charge is 0.0628 e. The van der Waals surface area contributed by atoms with Crippen LogP contribution in [0.25, 0.3) is 0 Å². The summed E-state index contributed by atoms with van der Waals surface area (Å²) in [6.45, 7) is 4.61. The van der Waals surface area contributed by atoms with Crippen LogP contribution in [0.3, 0.4) is 0 Å². The molecule has 0 aliphatic heterocycles. The normalized spacial score (nSPS) is 22.7. The molecule has 2 saturated carbocycles. The summed E-state index contributed by atoms with van der Waals surface area (Å²) in [5.74, 6) is 2.00. The fraction of sp³-hybridized carbons (Fsp3) is 1.00. The Morgan fingerprint density at radius 3 is 2.12 bits per heavy atom. The van der Waals surface area contributed by atoms with Gasteiger partial charge in [0.2, 0.25) is 0 Å². The third-order valence-electron chi connectivity index (χ3n) is 3.68. The molecule has 1 unspecified atom stereocenters. The molecule has 0 aromatic rings. The van der Waals surface area contributed by atoms with Crippen molar-refractivity contribution in [1.29, 1.82) is 0 Å². The molecule has 0 radical (unpaired) electrons. The number of ether oxygens (including phenoxy) is 1. The summed E-state index contributed by atoms with van der Waals surface area (Å²) >= 11 is 0. The summed E-state index contributed by atoms with van der Waals surface area (Å²) in [7, 11) is 3.83. The minimum atomic E-state index is 0.488. The number of hydrogen-bond donors (Lipinski definition) is 1. The molecule has 0 bridgehead atoms. The van der Waals surface area contributed by atoms with E-state index in [2.05, 4.69) is 10.2 Å². The van der Waals surface area contributed by atoms with Crippen LogP contribution in [0.15, 0.2) is 0 Å². The van der Waals surface area contributed by atoms with Crippen molar-refractivity contribution in [3.05, 3.63) is 0 Å². The van der Waals surface area contributed by atoms with E-state index in [1.54, 1.807) is 7.11 Å². The van der Waals surface area contributed by atoms with Crippen molar-refractivity contribution in [1.82, 2.24) is 10.2 Å². The molecule has 0 saturated heterocycles. The molecule has 2 aliphatic rings. The van der Waals surface area contributed by atoms with E-state index in [0.29, 0.717) is 6.04 Å². The molecule has 3 nitrogen and oxygen atoms in total. The quantitative estimate of drug-likeness (QED) is 0.642. The van der Waals surface area contributed by atoms with Crippen LogP contribution in [-0.4, -0.2) is 51.3 Å². The molecule has 2 fully saturated rings. The predicted octanol–water partition coefficient (Wildman–Crippen LogP) is 1.34. The Morgan fingerprint density at radius 1 is 1.19 bits per heavy atom. The van der Waals surface area contributed by atoms with Crippen molar-refractivity contribution in [2.45, 2.75) is 31.7 Å². The zero-order chi connectivity index (χ0) is 11.4. The number of hydrogen-bond acceptors (Lipinski definition) is 3. The average molecular weight is 226 g/mol. The molecule has 16 heavy (non-hydrogen) atoms. The van der Waals surface area contributed by atoms with Gasteiger partial charge in [0.05, 0.1) is 6.61 Å². The maximum absolute atomic E-state index is 5.25. The zero-order valence-electron chi connectivity index (χ0n) is 10.7. The van der Waals surface area contributed by atoms with Crippen LogP contribution in [0, 0.1) is 11.8 Å². The van der Waals surface area contributed by atoms with Crippen LogP contribution in [0.1, 0.15) is 25.7 Å². The Hall–Kier alpha value is -0.120. The first-order valence-corrected chi connectivity index (χ1v) is 6.70. The van der Waals surface area contributed by atoms with Gasteiger partial charge in [0.15, 0.2) is 0 Å². The molecule has 94 valence electrons. The van der Waals surface area contributed by atoms with Gasteiger partial charge in [-0.2, -0.15) is 0 Å². The summed E-state index contributed by atoms with van der Waals surface area (Å²) in [6.07, 6.45) is 5.82. The highest BCUT2D eigenvalue weighted by molar-refractivity contribution is 4.84. The monoisotopic (exact) mass is 226 g/mol. The molecule has 0 amide bonds. The summed E-state index contributed by atoms with van der Waals surface area (Å²) in [5.41, 5.74) is 0. The molecule has 0 aromatic heterocycles. The summed E-state index contributed by atoms with van der Waals surface area (Å²) in [5, 5.41) is 3.35. The van der Waals surface area contributed by atoms with Gasteiger partial charge in [0, 0.05) is 32.8 Å². The molecule has 2 aliphatic carbocycles. The van der Waals surface area contributed by atoms with Gasteiger partial charge >= 0.3 is 0 Å². The summed E-state index contributed by atoms with van der Waals surface area (Å²) in [4.78, 5) is 2.66. The van der Waals surface area contributed by atoms with Gasteiger partial charge in [-0.3, -0.25) is 0 Å². The van der Waals surface area contributed by atoms with E-state index in [-0.39, 0.29) is 0 Å². The Balaban J connectivity index is 1.73. The Kier molecular flexibility index (Phi) is 4.62. The number of rotatable bonds is 9. The van der Waals surface area contributed by atoms with E-state index in [0.717, 1.165) is 25.0 Å². The van der Waals surface area contributed by atoms with Gasteiger partial charge in [-0.1, -0.05) is 0 Å². The van der Waals surface area contributed by atoms with E-state index < -0.39 is 0 Å². The Bertz CT molecular complexity index is 188. The van der Waals surface area contributed by atoms with Crippen molar-refractivity contribution < 1.29 is 4.74 Å². The fourth-order valence-electron chi connectivity index (χ4n) is 2.29. The van der Waals surface area contributed by atoms with Crippen molar-refractivity contribution in [2.75, 3.05) is 40.4 Å². The minimum Gasteiger partial charge on any atom is -0.383 e.